The van der Waals surface area contributed by atoms with Gasteiger partial charge in [-0.1, -0.05) is 0 Å². The van der Waals surface area contributed by atoms with Gasteiger partial charge in [0.2, 0.25) is 5.91 Å². The van der Waals surface area contributed by atoms with E-state index in [4.69, 9.17) is 19.3 Å². The highest BCUT2D eigenvalue weighted by atomic mass is 16.5. The van der Waals surface area contributed by atoms with Crippen molar-refractivity contribution >= 4 is 5.91 Å². The maximum absolute atomic E-state index is 11.7. The molecule has 1 unspecified atom stereocenters. The van der Waals surface area contributed by atoms with Crippen LogP contribution in [-0.2, 0) is 9.53 Å². The Labute approximate surface area is 125 Å². The van der Waals surface area contributed by atoms with Gasteiger partial charge in [0, 0.05) is 13.7 Å². The molecule has 2 N–H and O–H groups in total. The number of hydrogen-bond donors (Lipinski definition) is 2. The number of carbonyl (C=O) groups excluding carboxylic acids is 1. The second-order valence-corrected chi connectivity index (χ2v) is 4.51. The Bertz CT molecular complexity index is 401. The molecule has 21 heavy (non-hydrogen) atoms. The summed E-state index contributed by atoms with van der Waals surface area (Å²) in [6.45, 7) is 0.680. The van der Waals surface area contributed by atoms with Crippen LogP contribution in [-0.4, -0.2) is 51.1 Å². The lowest BCUT2D eigenvalue weighted by molar-refractivity contribution is -0.122. The summed E-state index contributed by atoms with van der Waals surface area (Å²) < 4.78 is 15.5. The van der Waals surface area contributed by atoms with Gasteiger partial charge in [-0.25, -0.2) is 0 Å². The van der Waals surface area contributed by atoms with Crippen LogP contribution in [0.3, 0.4) is 0 Å². The Morgan fingerprint density at radius 2 is 1.90 bits per heavy atom. The topological polar surface area (TPSA) is 77.0 Å². The summed E-state index contributed by atoms with van der Waals surface area (Å²) in [4.78, 5) is 11.7. The SMILES string of the molecule is COCC(CCO)NC(=O)CCOc1ccc(OC)cc1. The number of aliphatic hydroxyl groups is 1. The minimum absolute atomic E-state index is 0.0106. The summed E-state index contributed by atoms with van der Waals surface area (Å²) in [6.07, 6.45) is 0.719. The second kappa shape index (κ2) is 10.0. The van der Waals surface area contributed by atoms with Crippen molar-refractivity contribution in [2.45, 2.75) is 18.9 Å². The Balaban J connectivity index is 2.28. The third-order valence-electron chi connectivity index (χ3n) is 2.87. The second-order valence-electron chi connectivity index (χ2n) is 4.51. The molecule has 0 bridgehead atoms. The van der Waals surface area contributed by atoms with E-state index in [1.54, 1.807) is 38.5 Å². The quantitative estimate of drug-likeness (QED) is 0.673. The number of benzene rings is 1. The Morgan fingerprint density at radius 3 is 2.48 bits per heavy atom. The van der Waals surface area contributed by atoms with Gasteiger partial charge in [0.05, 0.1) is 32.8 Å². The van der Waals surface area contributed by atoms with Crippen LogP contribution >= 0.6 is 0 Å². The molecular formula is C15H23NO5. The number of rotatable bonds is 10. The molecule has 1 rings (SSSR count). The van der Waals surface area contributed by atoms with Gasteiger partial charge in [-0.15, -0.1) is 0 Å². The lowest BCUT2D eigenvalue weighted by Gasteiger charge is -2.16. The van der Waals surface area contributed by atoms with Gasteiger partial charge in [0.1, 0.15) is 11.5 Å². The molecule has 0 heterocycles. The summed E-state index contributed by atoms with van der Waals surface area (Å²) in [7, 11) is 3.16. The normalized spacial score (nSPS) is 11.8. The van der Waals surface area contributed by atoms with Crippen LogP contribution in [0.5, 0.6) is 11.5 Å². The zero-order valence-electron chi connectivity index (χ0n) is 12.5. The summed E-state index contributed by atoms with van der Waals surface area (Å²) in [5.41, 5.74) is 0. The van der Waals surface area contributed by atoms with Gasteiger partial charge >= 0.3 is 0 Å². The van der Waals surface area contributed by atoms with E-state index >= 15 is 0 Å². The lowest BCUT2D eigenvalue weighted by Crippen LogP contribution is -2.39. The first-order valence-electron chi connectivity index (χ1n) is 6.85. The first-order valence-corrected chi connectivity index (χ1v) is 6.85. The number of ether oxygens (including phenoxy) is 3. The predicted molar refractivity (Wildman–Crippen MR) is 78.6 cm³/mol. The van der Waals surface area contributed by atoms with E-state index in [0.717, 1.165) is 5.75 Å². The molecule has 0 aliphatic carbocycles. The van der Waals surface area contributed by atoms with Gasteiger partial charge in [0.25, 0.3) is 0 Å². The summed E-state index contributed by atoms with van der Waals surface area (Å²) in [5, 5.41) is 11.7. The van der Waals surface area contributed by atoms with Crippen molar-refractivity contribution in [3.63, 3.8) is 0 Å². The van der Waals surface area contributed by atoms with Crippen molar-refractivity contribution in [3.05, 3.63) is 24.3 Å². The molecule has 0 aliphatic rings. The van der Waals surface area contributed by atoms with Gasteiger partial charge in [-0.2, -0.15) is 0 Å². The maximum atomic E-state index is 11.7. The van der Waals surface area contributed by atoms with Crippen LogP contribution < -0.4 is 14.8 Å². The van der Waals surface area contributed by atoms with Crippen LogP contribution in [0.15, 0.2) is 24.3 Å². The third-order valence-corrected chi connectivity index (χ3v) is 2.87. The molecule has 1 amide bonds. The largest absolute Gasteiger partial charge is 0.497 e. The summed E-state index contributed by atoms with van der Waals surface area (Å²) >= 11 is 0. The van der Waals surface area contributed by atoms with E-state index in [1.807, 2.05) is 0 Å². The number of aliphatic hydroxyl groups excluding tert-OH is 1. The maximum Gasteiger partial charge on any atom is 0.223 e. The molecule has 1 atom stereocenters. The van der Waals surface area contributed by atoms with Gasteiger partial charge < -0.3 is 24.6 Å². The van der Waals surface area contributed by atoms with Gasteiger partial charge in [-0.05, 0) is 30.7 Å². The van der Waals surface area contributed by atoms with E-state index < -0.39 is 0 Å². The van der Waals surface area contributed by atoms with E-state index in [2.05, 4.69) is 5.32 Å². The van der Waals surface area contributed by atoms with E-state index in [9.17, 15) is 4.79 Å². The number of amides is 1. The fraction of sp³-hybridized carbons (Fsp3) is 0.533. The third kappa shape index (κ3) is 6.97. The van der Waals surface area contributed by atoms with Crippen molar-refractivity contribution in [2.75, 3.05) is 34.0 Å². The van der Waals surface area contributed by atoms with E-state index in [-0.39, 0.29) is 31.6 Å². The molecule has 0 fully saturated rings. The van der Waals surface area contributed by atoms with Crippen LogP contribution in [0, 0.1) is 0 Å². The summed E-state index contributed by atoms with van der Waals surface area (Å²) in [6, 6.07) is 7.00. The monoisotopic (exact) mass is 297 g/mol. The highest BCUT2D eigenvalue weighted by Gasteiger charge is 2.11. The minimum Gasteiger partial charge on any atom is -0.497 e. The van der Waals surface area contributed by atoms with Crippen molar-refractivity contribution in [1.29, 1.82) is 0 Å². The molecule has 0 saturated heterocycles. The van der Waals surface area contributed by atoms with Gasteiger partial charge in [-0.3, -0.25) is 4.79 Å². The highest BCUT2D eigenvalue weighted by Crippen LogP contribution is 2.16. The Kier molecular flexibility index (Phi) is 8.23. The molecular weight excluding hydrogens is 274 g/mol. The molecule has 0 aromatic heterocycles. The summed E-state index contributed by atoms with van der Waals surface area (Å²) in [5.74, 6) is 1.32. The minimum atomic E-state index is -0.173. The molecule has 0 spiro atoms. The fourth-order valence-corrected chi connectivity index (χ4v) is 1.79. The van der Waals surface area contributed by atoms with Crippen LogP contribution in [0.2, 0.25) is 0 Å². The van der Waals surface area contributed by atoms with Crippen LogP contribution in [0.1, 0.15) is 12.8 Å². The molecule has 0 saturated carbocycles. The molecule has 0 aliphatic heterocycles. The highest BCUT2D eigenvalue weighted by molar-refractivity contribution is 5.76. The fourth-order valence-electron chi connectivity index (χ4n) is 1.79. The Morgan fingerprint density at radius 1 is 1.24 bits per heavy atom. The molecule has 6 heteroatoms. The first-order chi connectivity index (χ1) is 10.2. The number of hydrogen-bond acceptors (Lipinski definition) is 5. The average Bonchev–Trinajstić information content (AvgIpc) is 2.48. The standard InChI is InChI=1S/C15H23NO5/c1-19-11-12(7-9-17)16-15(18)8-10-21-14-5-3-13(20-2)4-6-14/h3-6,12,17H,7-11H2,1-2H3,(H,16,18). The van der Waals surface area contributed by atoms with Crippen LogP contribution in [0.25, 0.3) is 0 Å². The molecule has 1 aromatic rings. The molecule has 0 radical (unpaired) electrons. The first kappa shape index (κ1) is 17.3. The zero-order valence-corrected chi connectivity index (χ0v) is 12.5. The van der Waals surface area contributed by atoms with Crippen molar-refractivity contribution in [3.8, 4) is 11.5 Å². The zero-order chi connectivity index (χ0) is 15.5. The molecule has 118 valence electrons. The van der Waals surface area contributed by atoms with E-state index in [1.165, 1.54) is 0 Å². The van der Waals surface area contributed by atoms with Crippen molar-refractivity contribution < 1.29 is 24.1 Å². The number of nitrogens with one attached hydrogen (secondary N) is 1. The van der Waals surface area contributed by atoms with E-state index in [0.29, 0.717) is 18.8 Å². The average molecular weight is 297 g/mol. The van der Waals surface area contributed by atoms with Gasteiger partial charge in [0.15, 0.2) is 0 Å². The van der Waals surface area contributed by atoms with Crippen molar-refractivity contribution in [1.82, 2.24) is 5.32 Å². The van der Waals surface area contributed by atoms with Crippen molar-refractivity contribution in [2.24, 2.45) is 0 Å². The number of methoxy groups -OCH3 is 2. The Hall–Kier alpha value is -1.79. The van der Waals surface area contributed by atoms with Crippen LogP contribution in [0.4, 0.5) is 0 Å². The molecule has 6 nitrogen and oxygen atoms in total. The predicted octanol–water partition coefficient (Wildman–Crippen LogP) is 0.978. The smallest absolute Gasteiger partial charge is 0.223 e. The number of carbonyl (C=O) groups is 1. The lowest BCUT2D eigenvalue weighted by atomic mass is 10.2. The molecule has 1 aromatic carbocycles.